The fourth-order valence-electron chi connectivity index (χ4n) is 8.60. The number of phenolic OH excluding ortho intramolecular Hbond substituents is 2. The summed E-state index contributed by atoms with van der Waals surface area (Å²) in [6, 6.07) is 0. The maximum atomic E-state index is 13.9. The van der Waals surface area contributed by atoms with Crippen molar-refractivity contribution >= 4 is 41.1 Å². The standard InChI is InChI=1S/C52H74Cl2O18/c1-13-30-22-26(6)33(56)18-16-15-17-31(23-66-51-45(65-12)42(61)44(29(9)67-51)69-49(64)35-32(14-2)36(53)39(58)37(54)38(35)57)48(63)68-34(28(8)55)20-19-25(5)21-27(7)43(30)70-50-41(60)40(59)46(52(10,11)72-50)71-47(62)24(3)4/h15-17,19,21-22,24,28-30,33-34,40-46,50-51,55-61H,13-14,18,20,23H2,1-12H3/b16-15+,25-19+,26-22+,27-21+,31-17+/t28-,29+,30+,33+,34?,40-,41+,42-,43?,44?,45-,46?,50-,51+/m1/s1. The highest BCUT2D eigenvalue weighted by molar-refractivity contribution is 6.39. The summed E-state index contributed by atoms with van der Waals surface area (Å²) in [7, 11) is 1.26. The van der Waals surface area contributed by atoms with Crippen molar-refractivity contribution in [1.29, 1.82) is 0 Å². The van der Waals surface area contributed by atoms with Gasteiger partial charge in [-0.2, -0.15) is 0 Å². The first-order chi connectivity index (χ1) is 33.7. The number of aliphatic hydroxyl groups excluding tert-OH is 5. The van der Waals surface area contributed by atoms with E-state index in [4.69, 9.17) is 61.1 Å². The molecule has 72 heavy (non-hydrogen) atoms. The molecule has 14 atom stereocenters. The number of hydrogen-bond acceptors (Lipinski definition) is 18. The first-order valence-electron chi connectivity index (χ1n) is 24.2. The Labute approximate surface area is 431 Å². The molecular weight excluding hydrogens is 983 g/mol. The normalized spacial score (nSPS) is 34.8. The van der Waals surface area contributed by atoms with Gasteiger partial charge in [-0.05, 0) is 90.5 Å². The zero-order valence-electron chi connectivity index (χ0n) is 43.0. The van der Waals surface area contributed by atoms with E-state index in [1.807, 2.05) is 32.9 Å². The van der Waals surface area contributed by atoms with Crippen LogP contribution < -0.4 is 0 Å². The summed E-state index contributed by atoms with van der Waals surface area (Å²) >= 11 is 12.3. The molecule has 0 saturated carbocycles. The van der Waals surface area contributed by atoms with Gasteiger partial charge >= 0.3 is 17.9 Å². The smallest absolute Gasteiger partial charge is 0.342 e. The maximum Gasteiger partial charge on any atom is 0.342 e. The van der Waals surface area contributed by atoms with Gasteiger partial charge in [0.1, 0.15) is 46.7 Å². The molecule has 404 valence electrons. The van der Waals surface area contributed by atoms with E-state index >= 15 is 0 Å². The number of rotatable bonds is 13. The van der Waals surface area contributed by atoms with Gasteiger partial charge in [-0.25, -0.2) is 9.59 Å². The van der Waals surface area contributed by atoms with Crippen LogP contribution in [-0.4, -0.2) is 153 Å². The third kappa shape index (κ3) is 14.7. The van der Waals surface area contributed by atoms with Crippen LogP contribution in [0.1, 0.15) is 111 Å². The number of aromatic hydroxyl groups is 2. The van der Waals surface area contributed by atoms with E-state index in [0.717, 1.165) is 0 Å². The minimum absolute atomic E-state index is 0.0372. The predicted octanol–water partition coefficient (Wildman–Crippen LogP) is 6.23. The summed E-state index contributed by atoms with van der Waals surface area (Å²) < 4.78 is 47.5. The van der Waals surface area contributed by atoms with Gasteiger partial charge in [0, 0.05) is 19.4 Å². The minimum atomic E-state index is -1.61. The Kier molecular flexibility index (Phi) is 22.4. The predicted molar refractivity (Wildman–Crippen MR) is 265 cm³/mol. The number of allylic oxidation sites excluding steroid dienone is 4. The number of benzene rings is 1. The number of carbonyl (C=O) groups excluding carboxylic acids is 3. The quantitative estimate of drug-likeness (QED) is 0.0655. The molecule has 18 nitrogen and oxygen atoms in total. The lowest BCUT2D eigenvalue weighted by Crippen LogP contribution is -2.64. The number of ether oxygens (including phenoxy) is 8. The van der Waals surface area contributed by atoms with E-state index < -0.39 is 144 Å². The molecule has 0 aliphatic carbocycles. The molecule has 7 N–H and O–H groups in total. The third-order valence-electron chi connectivity index (χ3n) is 13.0. The number of methoxy groups -OCH3 is 1. The van der Waals surface area contributed by atoms with Crippen LogP contribution in [0.3, 0.4) is 0 Å². The maximum absolute atomic E-state index is 13.9. The summed E-state index contributed by atoms with van der Waals surface area (Å²) in [6.45, 7) is 18.1. The molecule has 0 bridgehead atoms. The lowest BCUT2D eigenvalue weighted by atomic mass is 9.88. The highest BCUT2D eigenvalue weighted by Crippen LogP contribution is 2.45. The van der Waals surface area contributed by atoms with Gasteiger partial charge in [0.25, 0.3) is 0 Å². The summed E-state index contributed by atoms with van der Waals surface area (Å²) in [6.07, 6.45) is -5.45. The van der Waals surface area contributed by atoms with Crippen LogP contribution >= 0.6 is 23.2 Å². The van der Waals surface area contributed by atoms with Crippen molar-refractivity contribution in [1.82, 2.24) is 0 Å². The van der Waals surface area contributed by atoms with E-state index in [2.05, 4.69) is 0 Å². The van der Waals surface area contributed by atoms with Crippen molar-refractivity contribution in [2.45, 2.75) is 187 Å². The number of esters is 3. The van der Waals surface area contributed by atoms with Gasteiger partial charge < -0.3 is 73.6 Å². The van der Waals surface area contributed by atoms with Crippen LogP contribution in [0.2, 0.25) is 10.0 Å². The average molecular weight is 1060 g/mol. The molecule has 0 radical (unpaired) electrons. The van der Waals surface area contributed by atoms with E-state index in [1.54, 1.807) is 53.7 Å². The fourth-order valence-corrected chi connectivity index (χ4v) is 9.16. The van der Waals surface area contributed by atoms with E-state index in [0.29, 0.717) is 23.1 Å². The van der Waals surface area contributed by atoms with Crippen molar-refractivity contribution in [3.05, 3.63) is 79.9 Å². The summed E-state index contributed by atoms with van der Waals surface area (Å²) in [5, 5.41) is 76.5. The Morgan fingerprint density at radius 3 is 2.17 bits per heavy atom. The van der Waals surface area contributed by atoms with Crippen molar-refractivity contribution in [2.75, 3.05) is 13.7 Å². The Balaban J connectivity index is 1.61. The SMILES string of the molecule is CCc1c(Cl)c(O)c(Cl)c(O)c1C(=O)OC1[C@H](C)O[C@H](OC/C2=C\C=C\C[C@H](O)/C(C)=C/[C@H](CC)C(O[C@@H]3OC(C)(C)C(OC(=O)C(C)C)[C@H](O)[C@@H]3O)/C(C)=C/C(C)=C/CC([C@@H](C)O)OC2=O)[C@H](OC)[C@@H]1O. The van der Waals surface area contributed by atoms with Crippen LogP contribution in [0.5, 0.6) is 11.5 Å². The third-order valence-corrected chi connectivity index (χ3v) is 13.8. The van der Waals surface area contributed by atoms with E-state index in [1.165, 1.54) is 33.1 Å². The summed E-state index contributed by atoms with van der Waals surface area (Å²) in [5.74, 6) is -4.78. The number of hydrogen-bond donors (Lipinski definition) is 7. The molecule has 4 unspecified atom stereocenters. The number of phenols is 2. The zero-order valence-corrected chi connectivity index (χ0v) is 44.5. The Morgan fingerprint density at radius 2 is 1.57 bits per heavy atom. The lowest BCUT2D eigenvalue weighted by molar-refractivity contribution is -0.333. The molecule has 1 aromatic carbocycles. The van der Waals surface area contributed by atoms with Crippen LogP contribution in [0.15, 0.2) is 58.7 Å². The van der Waals surface area contributed by atoms with Gasteiger partial charge in [-0.15, -0.1) is 0 Å². The highest BCUT2D eigenvalue weighted by atomic mass is 35.5. The molecule has 3 heterocycles. The number of aliphatic hydroxyl groups is 5. The number of halogens is 2. The minimum Gasteiger partial charge on any atom is -0.505 e. The van der Waals surface area contributed by atoms with Crippen molar-refractivity contribution in [3.8, 4) is 11.5 Å². The van der Waals surface area contributed by atoms with Gasteiger partial charge in [-0.3, -0.25) is 4.79 Å². The Hall–Kier alpha value is -3.89. The molecular formula is C52H74Cl2O18. The first kappa shape index (κ1) is 60.7. The average Bonchev–Trinajstić information content (AvgIpc) is 3.32. The summed E-state index contributed by atoms with van der Waals surface area (Å²) in [4.78, 5) is 40.0. The largest absolute Gasteiger partial charge is 0.505 e. The zero-order chi connectivity index (χ0) is 54.1. The van der Waals surface area contributed by atoms with Crippen molar-refractivity contribution in [2.24, 2.45) is 11.8 Å². The van der Waals surface area contributed by atoms with Crippen LogP contribution in [-0.2, 0) is 53.9 Å². The molecule has 2 saturated heterocycles. The topological polar surface area (TPSA) is 267 Å². The number of cyclic esters (lactones) is 1. The highest BCUT2D eigenvalue weighted by Gasteiger charge is 2.53. The van der Waals surface area contributed by atoms with Crippen LogP contribution in [0.25, 0.3) is 0 Å². The first-order valence-corrected chi connectivity index (χ1v) is 24.9. The molecule has 4 rings (SSSR count). The monoisotopic (exact) mass is 1060 g/mol. The van der Waals surface area contributed by atoms with Crippen molar-refractivity contribution < 1.29 is 88.0 Å². The summed E-state index contributed by atoms with van der Waals surface area (Å²) in [5.41, 5.74) is 0.318. The second-order valence-corrected chi connectivity index (χ2v) is 20.1. The molecule has 3 aliphatic heterocycles. The van der Waals surface area contributed by atoms with Crippen LogP contribution in [0.4, 0.5) is 0 Å². The van der Waals surface area contributed by atoms with Gasteiger partial charge in [0.05, 0.1) is 47.5 Å². The van der Waals surface area contributed by atoms with E-state index in [9.17, 15) is 50.1 Å². The fraction of sp³-hybridized carbons (Fsp3) is 0.635. The molecule has 0 amide bonds. The second-order valence-electron chi connectivity index (χ2n) is 19.4. The van der Waals surface area contributed by atoms with Crippen molar-refractivity contribution in [3.63, 3.8) is 0 Å². The van der Waals surface area contributed by atoms with Crippen LogP contribution in [0, 0.1) is 11.8 Å². The van der Waals surface area contributed by atoms with E-state index in [-0.39, 0.29) is 35.4 Å². The lowest BCUT2D eigenvalue weighted by Gasteiger charge is -2.47. The molecule has 20 heteroatoms. The molecule has 2 fully saturated rings. The Morgan fingerprint density at radius 1 is 0.903 bits per heavy atom. The number of carbonyl (C=O) groups is 3. The van der Waals surface area contributed by atoms with Gasteiger partial charge in [0.15, 0.2) is 36.3 Å². The second kappa shape index (κ2) is 26.5. The molecule has 3 aliphatic rings. The van der Waals surface area contributed by atoms with Gasteiger partial charge in [0.2, 0.25) is 0 Å². The van der Waals surface area contributed by atoms with Gasteiger partial charge in [-0.1, -0.05) is 86.9 Å². The molecule has 0 aromatic heterocycles. The Bertz CT molecular complexity index is 2220. The molecule has 1 aromatic rings. The molecule has 0 spiro atoms.